The van der Waals surface area contributed by atoms with Crippen molar-refractivity contribution in [1.29, 1.82) is 0 Å². The van der Waals surface area contributed by atoms with E-state index in [0.29, 0.717) is 6.04 Å². The van der Waals surface area contributed by atoms with Crippen molar-refractivity contribution in [2.45, 2.75) is 51.1 Å². The number of aromatic nitrogens is 3. The van der Waals surface area contributed by atoms with Crippen molar-refractivity contribution in [1.82, 2.24) is 19.9 Å². The second kappa shape index (κ2) is 7.09. The Balaban J connectivity index is 1.64. The van der Waals surface area contributed by atoms with Gasteiger partial charge in [0.05, 0.1) is 5.69 Å². The molecule has 21 heavy (non-hydrogen) atoms. The normalized spacial score (nSPS) is 17.0. The lowest BCUT2D eigenvalue weighted by molar-refractivity contribution is 0.211. The van der Waals surface area contributed by atoms with E-state index in [2.05, 4.69) is 27.3 Å². The highest BCUT2D eigenvalue weighted by atomic mass is 32.1. The molecule has 2 heterocycles. The quantitative estimate of drug-likeness (QED) is 0.807. The molecule has 0 amide bonds. The van der Waals surface area contributed by atoms with Gasteiger partial charge in [-0.15, -0.1) is 11.3 Å². The lowest BCUT2D eigenvalue weighted by atomic mass is 10.1. The van der Waals surface area contributed by atoms with E-state index >= 15 is 0 Å². The minimum absolute atomic E-state index is 0.714. The second-order valence-corrected chi connectivity index (χ2v) is 6.63. The highest BCUT2D eigenvalue weighted by molar-refractivity contribution is 7.13. The first kappa shape index (κ1) is 14.6. The van der Waals surface area contributed by atoms with Gasteiger partial charge in [0.15, 0.2) is 10.8 Å². The van der Waals surface area contributed by atoms with Crippen molar-refractivity contribution >= 4 is 11.3 Å². The molecule has 0 aliphatic heterocycles. The molecule has 0 unspecified atom stereocenters. The highest BCUT2D eigenvalue weighted by Crippen LogP contribution is 2.24. The first-order valence-corrected chi connectivity index (χ1v) is 8.63. The highest BCUT2D eigenvalue weighted by Gasteiger charge is 2.18. The Kier molecular flexibility index (Phi) is 4.93. The molecule has 0 N–H and O–H groups in total. The minimum atomic E-state index is 0.714. The second-order valence-electron chi connectivity index (χ2n) is 5.78. The van der Waals surface area contributed by atoms with Gasteiger partial charge in [0.25, 0.3) is 0 Å². The monoisotopic (exact) mass is 302 g/mol. The summed E-state index contributed by atoms with van der Waals surface area (Å²) >= 11 is 1.63. The lowest BCUT2D eigenvalue weighted by Gasteiger charge is -2.26. The molecule has 1 aliphatic carbocycles. The molecule has 0 aromatic carbocycles. The van der Waals surface area contributed by atoms with Crippen molar-refractivity contribution < 1.29 is 0 Å². The van der Waals surface area contributed by atoms with E-state index in [1.54, 1.807) is 23.7 Å². The predicted molar refractivity (Wildman–Crippen MR) is 86.1 cm³/mol. The number of rotatable bonds is 4. The van der Waals surface area contributed by atoms with Crippen LogP contribution in [0.5, 0.6) is 0 Å². The summed E-state index contributed by atoms with van der Waals surface area (Å²) < 4.78 is 0. The molecule has 1 saturated carbocycles. The maximum atomic E-state index is 4.69. The maximum Gasteiger partial charge on any atom is 0.188 e. The van der Waals surface area contributed by atoms with Crippen LogP contribution in [0.15, 0.2) is 23.8 Å². The molecule has 2 aromatic rings. The minimum Gasteiger partial charge on any atom is -0.298 e. The van der Waals surface area contributed by atoms with Crippen LogP contribution in [0, 0.1) is 0 Å². The van der Waals surface area contributed by atoms with Gasteiger partial charge in [0, 0.05) is 30.4 Å². The van der Waals surface area contributed by atoms with E-state index in [1.165, 1.54) is 38.5 Å². The Morgan fingerprint density at radius 3 is 2.57 bits per heavy atom. The van der Waals surface area contributed by atoms with Crippen molar-refractivity contribution in [2.75, 3.05) is 7.05 Å². The Morgan fingerprint density at radius 2 is 1.86 bits per heavy atom. The zero-order valence-corrected chi connectivity index (χ0v) is 13.4. The van der Waals surface area contributed by atoms with Gasteiger partial charge < -0.3 is 0 Å². The molecular formula is C16H22N4S. The van der Waals surface area contributed by atoms with Gasteiger partial charge in [-0.25, -0.2) is 15.0 Å². The molecule has 0 atom stereocenters. The fourth-order valence-electron chi connectivity index (χ4n) is 2.98. The Labute approximate surface area is 130 Å². The van der Waals surface area contributed by atoms with Crippen molar-refractivity contribution in [3.05, 3.63) is 29.5 Å². The molecule has 0 bridgehead atoms. The Morgan fingerprint density at radius 1 is 1.14 bits per heavy atom. The average molecular weight is 302 g/mol. The van der Waals surface area contributed by atoms with Gasteiger partial charge in [-0.3, -0.25) is 4.90 Å². The zero-order valence-electron chi connectivity index (χ0n) is 12.5. The summed E-state index contributed by atoms with van der Waals surface area (Å²) in [5.41, 5.74) is 1.13. The number of hydrogen-bond donors (Lipinski definition) is 0. The average Bonchev–Trinajstić information content (AvgIpc) is 2.81. The third-order valence-electron chi connectivity index (χ3n) is 4.17. The summed E-state index contributed by atoms with van der Waals surface area (Å²) in [5.74, 6) is 0.728. The first-order chi connectivity index (χ1) is 10.3. The van der Waals surface area contributed by atoms with E-state index in [1.807, 2.05) is 6.07 Å². The molecule has 2 aromatic heterocycles. The van der Waals surface area contributed by atoms with Crippen LogP contribution >= 0.6 is 11.3 Å². The van der Waals surface area contributed by atoms with Crippen LogP contribution in [0.4, 0.5) is 0 Å². The summed E-state index contributed by atoms with van der Waals surface area (Å²) in [7, 11) is 2.23. The summed E-state index contributed by atoms with van der Waals surface area (Å²) in [6, 6.07) is 2.54. The Hall–Kier alpha value is -1.33. The molecule has 0 saturated heterocycles. The van der Waals surface area contributed by atoms with Gasteiger partial charge in [-0.2, -0.15) is 0 Å². The standard InChI is InChI=1S/C16H22N4S/c1-20(14-7-4-2-3-5-8-14)11-13-12-21-16(19-13)15-17-9-6-10-18-15/h6,9-10,12,14H,2-5,7-8,11H2,1H3. The zero-order chi connectivity index (χ0) is 14.5. The van der Waals surface area contributed by atoms with E-state index in [9.17, 15) is 0 Å². The number of nitrogens with zero attached hydrogens (tertiary/aromatic N) is 4. The van der Waals surface area contributed by atoms with Gasteiger partial charge in [0.1, 0.15) is 0 Å². The molecular weight excluding hydrogens is 280 g/mol. The van der Waals surface area contributed by atoms with Crippen LogP contribution in [0.25, 0.3) is 10.8 Å². The summed E-state index contributed by atoms with van der Waals surface area (Å²) in [4.78, 5) is 15.7. The summed E-state index contributed by atoms with van der Waals surface area (Å²) in [5, 5.41) is 3.05. The van der Waals surface area contributed by atoms with Crippen molar-refractivity contribution in [3.63, 3.8) is 0 Å². The van der Waals surface area contributed by atoms with E-state index in [-0.39, 0.29) is 0 Å². The van der Waals surface area contributed by atoms with Crippen LogP contribution in [0.2, 0.25) is 0 Å². The number of hydrogen-bond acceptors (Lipinski definition) is 5. The molecule has 1 fully saturated rings. The first-order valence-electron chi connectivity index (χ1n) is 7.75. The van der Waals surface area contributed by atoms with Gasteiger partial charge in [-0.1, -0.05) is 25.7 Å². The van der Waals surface area contributed by atoms with Crippen LogP contribution in [-0.4, -0.2) is 32.9 Å². The molecule has 5 heteroatoms. The van der Waals surface area contributed by atoms with E-state index in [0.717, 1.165) is 23.1 Å². The number of thiazole rings is 1. The molecule has 0 spiro atoms. The molecule has 1 aliphatic rings. The van der Waals surface area contributed by atoms with Crippen LogP contribution in [0.3, 0.4) is 0 Å². The molecule has 0 radical (unpaired) electrons. The van der Waals surface area contributed by atoms with E-state index < -0.39 is 0 Å². The third kappa shape index (κ3) is 3.86. The topological polar surface area (TPSA) is 41.9 Å². The third-order valence-corrected chi connectivity index (χ3v) is 5.06. The summed E-state index contributed by atoms with van der Waals surface area (Å²) in [6.45, 7) is 0.925. The molecule has 112 valence electrons. The predicted octanol–water partition coefficient (Wildman–Crippen LogP) is 3.75. The van der Waals surface area contributed by atoms with Gasteiger partial charge in [0.2, 0.25) is 0 Å². The molecule has 3 rings (SSSR count). The van der Waals surface area contributed by atoms with Crippen molar-refractivity contribution in [2.24, 2.45) is 0 Å². The molecule has 4 nitrogen and oxygen atoms in total. The fraction of sp³-hybridized carbons (Fsp3) is 0.562. The summed E-state index contributed by atoms with van der Waals surface area (Å²) in [6.07, 6.45) is 11.7. The van der Waals surface area contributed by atoms with Crippen LogP contribution < -0.4 is 0 Å². The lowest BCUT2D eigenvalue weighted by Crippen LogP contribution is -2.30. The SMILES string of the molecule is CN(Cc1csc(-c2ncccn2)n1)C1CCCCCC1. The fourth-order valence-corrected chi connectivity index (χ4v) is 3.73. The van der Waals surface area contributed by atoms with E-state index in [4.69, 9.17) is 4.98 Å². The van der Waals surface area contributed by atoms with Crippen LogP contribution in [-0.2, 0) is 6.54 Å². The van der Waals surface area contributed by atoms with Crippen LogP contribution in [0.1, 0.15) is 44.2 Å². The van der Waals surface area contributed by atoms with Gasteiger partial charge >= 0.3 is 0 Å². The van der Waals surface area contributed by atoms with Gasteiger partial charge in [-0.05, 0) is 26.0 Å². The van der Waals surface area contributed by atoms with Crippen molar-refractivity contribution in [3.8, 4) is 10.8 Å². The smallest absolute Gasteiger partial charge is 0.188 e. The Bertz CT molecular complexity index is 546. The maximum absolute atomic E-state index is 4.69. The largest absolute Gasteiger partial charge is 0.298 e.